The molecule has 38 heavy (non-hydrogen) atoms. The normalized spacial score (nSPS) is 15.2. The molecule has 0 heterocycles. The third-order valence-corrected chi connectivity index (χ3v) is 9.43. The molecule has 0 aromatic heterocycles. The van der Waals surface area contributed by atoms with Gasteiger partial charge in [-0.1, -0.05) is 96.7 Å². The van der Waals surface area contributed by atoms with Crippen LogP contribution in [0.15, 0.2) is 94.7 Å². The van der Waals surface area contributed by atoms with Crippen LogP contribution in [0.25, 0.3) is 40.5 Å². The Morgan fingerprint density at radius 1 is 0.605 bits per heavy atom. The summed E-state index contributed by atoms with van der Waals surface area (Å²) in [5, 5.41) is 0. The quantitative estimate of drug-likeness (QED) is 0.264. The fraction of sp³-hybridized carbons (Fsp3) is 0.189. The molecule has 7 rings (SSSR count). The van der Waals surface area contributed by atoms with Crippen LogP contribution in [-0.2, 0) is 19.3 Å². The summed E-state index contributed by atoms with van der Waals surface area (Å²) < 4.78 is 0. The van der Waals surface area contributed by atoms with Crippen molar-refractivity contribution in [3.63, 3.8) is 0 Å². The predicted molar refractivity (Wildman–Crippen MR) is 165 cm³/mol. The van der Waals surface area contributed by atoms with Gasteiger partial charge in [-0.15, -0.1) is 0 Å². The molecule has 186 valence electrons. The number of benzene rings is 4. The van der Waals surface area contributed by atoms with Gasteiger partial charge in [-0.3, -0.25) is 0 Å². The monoisotopic (exact) mass is 508 g/mol. The lowest BCUT2D eigenvalue weighted by Gasteiger charge is -2.29. The van der Waals surface area contributed by atoms with E-state index < -0.39 is 0 Å². The highest BCUT2D eigenvalue weighted by atomic mass is 32.2. The fourth-order valence-electron chi connectivity index (χ4n) is 6.45. The van der Waals surface area contributed by atoms with E-state index >= 15 is 0 Å². The molecule has 1 heteroatoms. The maximum absolute atomic E-state index is 2.44. The summed E-state index contributed by atoms with van der Waals surface area (Å²) in [7, 11) is 0. The van der Waals surface area contributed by atoms with Gasteiger partial charge in [-0.05, 0) is 125 Å². The van der Waals surface area contributed by atoms with Crippen molar-refractivity contribution in [3.8, 4) is 22.3 Å². The lowest BCUT2D eigenvalue weighted by atomic mass is 9.74. The van der Waals surface area contributed by atoms with Crippen LogP contribution in [0, 0.1) is 6.92 Å². The van der Waals surface area contributed by atoms with Gasteiger partial charge in [0.2, 0.25) is 0 Å². The van der Waals surface area contributed by atoms with Crippen molar-refractivity contribution in [3.05, 3.63) is 124 Å². The molecular formula is C37H32S. The molecule has 0 unspecified atom stereocenters. The highest BCUT2D eigenvalue weighted by Crippen LogP contribution is 2.47. The Hall–Kier alpha value is -3.55. The average Bonchev–Trinajstić information content (AvgIpc) is 2.97. The van der Waals surface area contributed by atoms with Gasteiger partial charge in [-0.2, -0.15) is 0 Å². The molecule has 0 radical (unpaired) electrons. The lowest BCUT2D eigenvalue weighted by Crippen LogP contribution is -2.10. The standard InChI is InChI=1S/C37H32S/c1-25-22-23-27(24-35(25)38-28-14-3-2-4-15-28)36-31-17-7-9-19-33(31)37(34-20-10-8-18-32(34)36)30-21-11-13-26-12-5-6-16-29(26)30/h2-4,6-7,10-11,13-17,20-24H,5,8-9,12,18-19H2,1H3. The van der Waals surface area contributed by atoms with Crippen molar-refractivity contribution in [1.82, 2.24) is 0 Å². The lowest BCUT2D eigenvalue weighted by molar-refractivity contribution is 0.955. The van der Waals surface area contributed by atoms with Crippen molar-refractivity contribution >= 4 is 30.0 Å². The number of fused-ring (bicyclic) bond motifs is 3. The van der Waals surface area contributed by atoms with Crippen molar-refractivity contribution < 1.29 is 0 Å². The maximum atomic E-state index is 2.44. The van der Waals surface area contributed by atoms with Crippen molar-refractivity contribution in [1.29, 1.82) is 0 Å². The highest BCUT2D eigenvalue weighted by molar-refractivity contribution is 7.99. The Kier molecular flexibility index (Phi) is 6.18. The van der Waals surface area contributed by atoms with E-state index in [1.54, 1.807) is 0 Å². The van der Waals surface area contributed by atoms with Crippen LogP contribution >= 0.6 is 11.8 Å². The number of allylic oxidation sites excluding steroid dienone is 3. The first-order valence-electron chi connectivity index (χ1n) is 14.0. The average molecular weight is 509 g/mol. The molecule has 0 spiro atoms. The summed E-state index contributed by atoms with van der Waals surface area (Å²) in [6.07, 6.45) is 21.0. The number of hydrogen-bond donors (Lipinski definition) is 0. The van der Waals surface area contributed by atoms with E-state index in [1.807, 2.05) is 11.8 Å². The van der Waals surface area contributed by atoms with Crippen molar-refractivity contribution in [2.24, 2.45) is 0 Å². The SMILES string of the molecule is Cc1ccc(-c2c3c(c(-c4cccc5c4C=CCC5)c4c2CCC=C4)CCC=C3)cc1Sc1ccccc1. The molecular weight excluding hydrogens is 476 g/mol. The highest BCUT2D eigenvalue weighted by Gasteiger charge is 2.27. The molecule has 0 N–H and O–H groups in total. The Balaban J connectivity index is 1.47. The largest absolute Gasteiger partial charge is 0.0898 e. The third-order valence-electron chi connectivity index (χ3n) is 8.26. The van der Waals surface area contributed by atoms with Gasteiger partial charge in [0.15, 0.2) is 0 Å². The van der Waals surface area contributed by atoms with Crippen LogP contribution < -0.4 is 0 Å². The van der Waals surface area contributed by atoms with Gasteiger partial charge in [-0.25, -0.2) is 0 Å². The maximum Gasteiger partial charge on any atom is 0.0157 e. The first kappa shape index (κ1) is 23.6. The van der Waals surface area contributed by atoms with Crippen LogP contribution in [0.3, 0.4) is 0 Å². The molecule has 0 aliphatic heterocycles. The number of aryl methyl sites for hydroxylation is 2. The van der Waals surface area contributed by atoms with E-state index in [1.165, 1.54) is 71.0 Å². The van der Waals surface area contributed by atoms with E-state index in [4.69, 9.17) is 0 Å². The first-order chi connectivity index (χ1) is 18.8. The second-order valence-corrected chi connectivity index (χ2v) is 11.7. The first-order valence-corrected chi connectivity index (χ1v) is 14.8. The minimum atomic E-state index is 1.09. The molecule has 0 fully saturated rings. The zero-order valence-electron chi connectivity index (χ0n) is 22.0. The fourth-order valence-corrected chi connectivity index (χ4v) is 7.41. The Morgan fingerprint density at radius 2 is 1.29 bits per heavy atom. The summed E-state index contributed by atoms with van der Waals surface area (Å²) in [5.41, 5.74) is 15.9. The summed E-state index contributed by atoms with van der Waals surface area (Å²) in [6, 6.07) is 24.8. The smallest absolute Gasteiger partial charge is 0.0157 e. The van der Waals surface area contributed by atoms with Gasteiger partial charge >= 0.3 is 0 Å². The molecule has 0 amide bonds. The van der Waals surface area contributed by atoms with E-state index in [9.17, 15) is 0 Å². The van der Waals surface area contributed by atoms with Crippen LogP contribution in [0.1, 0.15) is 58.2 Å². The van der Waals surface area contributed by atoms with Gasteiger partial charge in [0.25, 0.3) is 0 Å². The molecule has 3 aliphatic rings. The van der Waals surface area contributed by atoms with Gasteiger partial charge in [0.1, 0.15) is 0 Å². The third kappa shape index (κ3) is 4.10. The van der Waals surface area contributed by atoms with Gasteiger partial charge < -0.3 is 0 Å². The second-order valence-electron chi connectivity index (χ2n) is 10.6. The summed E-state index contributed by atoms with van der Waals surface area (Å²) in [6.45, 7) is 2.23. The molecule has 4 aromatic rings. The molecule has 3 aliphatic carbocycles. The van der Waals surface area contributed by atoms with Crippen LogP contribution in [0.2, 0.25) is 0 Å². The zero-order valence-corrected chi connectivity index (χ0v) is 22.8. The van der Waals surface area contributed by atoms with Crippen molar-refractivity contribution in [2.75, 3.05) is 0 Å². The summed E-state index contributed by atoms with van der Waals surface area (Å²) >= 11 is 1.87. The molecule has 0 nitrogen and oxygen atoms in total. The molecule has 0 saturated carbocycles. The number of rotatable bonds is 4. The molecule has 0 atom stereocenters. The predicted octanol–water partition coefficient (Wildman–Crippen LogP) is 10.4. The van der Waals surface area contributed by atoms with E-state index in [-0.39, 0.29) is 0 Å². The van der Waals surface area contributed by atoms with Gasteiger partial charge in [0.05, 0.1) is 0 Å². The second kappa shape index (κ2) is 9.97. The van der Waals surface area contributed by atoms with E-state index in [0.717, 1.165) is 38.5 Å². The van der Waals surface area contributed by atoms with E-state index in [0.29, 0.717) is 0 Å². The van der Waals surface area contributed by atoms with Crippen LogP contribution in [-0.4, -0.2) is 0 Å². The molecule has 0 saturated heterocycles. The Morgan fingerprint density at radius 3 is 2.08 bits per heavy atom. The van der Waals surface area contributed by atoms with Crippen LogP contribution in [0.4, 0.5) is 0 Å². The molecule has 4 aromatic carbocycles. The molecule has 0 bridgehead atoms. The Labute approximate surface area is 230 Å². The number of hydrogen-bond acceptors (Lipinski definition) is 1. The summed E-state index contributed by atoms with van der Waals surface area (Å²) in [5.74, 6) is 0. The van der Waals surface area contributed by atoms with Crippen molar-refractivity contribution in [2.45, 2.75) is 55.2 Å². The van der Waals surface area contributed by atoms with Crippen LogP contribution in [0.5, 0.6) is 0 Å². The summed E-state index contributed by atoms with van der Waals surface area (Å²) in [4.78, 5) is 2.63. The minimum Gasteiger partial charge on any atom is -0.0898 e. The minimum absolute atomic E-state index is 1.09. The van der Waals surface area contributed by atoms with Gasteiger partial charge in [0, 0.05) is 9.79 Å². The Bertz CT molecular complexity index is 1630. The topological polar surface area (TPSA) is 0 Å². The van der Waals surface area contributed by atoms with E-state index in [2.05, 4.69) is 110 Å². The zero-order chi connectivity index (χ0) is 25.5.